The average molecular weight is 292 g/mol. The normalized spacial score (nSPS) is 10.6. The molecule has 0 saturated heterocycles. The second-order valence-corrected chi connectivity index (χ2v) is 4.67. The number of benzene rings is 1. The molecule has 0 unspecified atom stereocenters. The lowest BCUT2D eigenvalue weighted by Gasteiger charge is -2.08. The number of carbonyl (C=O) groups excluding carboxylic acids is 1. The van der Waals surface area contributed by atoms with Gasteiger partial charge in [0, 0.05) is 18.9 Å². The number of nitrogens with zero attached hydrogens (tertiary/aromatic N) is 2. The molecule has 0 N–H and O–H groups in total. The van der Waals surface area contributed by atoms with Crippen molar-refractivity contribution >= 4 is 5.78 Å². The Labute approximate surface area is 121 Å². The number of aryl methyl sites for hydroxylation is 1. The minimum absolute atomic E-state index is 0.132. The predicted octanol–water partition coefficient (Wildman–Crippen LogP) is 2.09. The van der Waals surface area contributed by atoms with Gasteiger partial charge in [-0.05, 0) is 24.6 Å². The van der Waals surface area contributed by atoms with E-state index < -0.39 is 5.82 Å². The highest BCUT2D eigenvalue weighted by Gasteiger charge is 2.15. The van der Waals surface area contributed by atoms with E-state index in [1.807, 2.05) is 6.92 Å². The lowest BCUT2D eigenvalue weighted by molar-refractivity contribution is 0.0967. The molecule has 0 saturated carbocycles. The van der Waals surface area contributed by atoms with E-state index >= 15 is 0 Å². The molecule has 2 aromatic rings. The Morgan fingerprint density at radius 3 is 2.67 bits per heavy atom. The number of carbonyl (C=O) groups is 1. The maximum Gasteiger partial charge on any atom is 0.328 e. The maximum atomic E-state index is 13.3. The molecule has 1 aromatic carbocycles. The van der Waals surface area contributed by atoms with E-state index in [1.54, 1.807) is 12.4 Å². The molecular weight excluding hydrogens is 275 g/mol. The molecule has 0 spiro atoms. The fourth-order valence-corrected chi connectivity index (χ4v) is 2.12. The van der Waals surface area contributed by atoms with Crippen molar-refractivity contribution in [3.8, 4) is 5.75 Å². The van der Waals surface area contributed by atoms with Gasteiger partial charge in [0.05, 0.1) is 19.2 Å². The number of aromatic nitrogens is 2. The fraction of sp³-hybridized carbons (Fsp3) is 0.333. The number of hydrogen-bond donors (Lipinski definition) is 0. The quantitative estimate of drug-likeness (QED) is 0.766. The van der Waals surface area contributed by atoms with Gasteiger partial charge in [0.1, 0.15) is 11.6 Å². The average Bonchev–Trinajstić information content (AvgIpc) is 2.80. The van der Waals surface area contributed by atoms with Gasteiger partial charge >= 0.3 is 5.69 Å². The van der Waals surface area contributed by atoms with Gasteiger partial charge in [0.25, 0.3) is 0 Å². The van der Waals surface area contributed by atoms with Crippen molar-refractivity contribution in [1.29, 1.82) is 0 Å². The zero-order valence-electron chi connectivity index (χ0n) is 12.0. The van der Waals surface area contributed by atoms with Crippen molar-refractivity contribution in [2.75, 3.05) is 7.11 Å². The number of imidazole rings is 1. The third kappa shape index (κ3) is 3.21. The van der Waals surface area contributed by atoms with Gasteiger partial charge in [-0.25, -0.2) is 9.18 Å². The Bertz CT molecular complexity index is 703. The summed E-state index contributed by atoms with van der Waals surface area (Å²) in [4.78, 5) is 24.3. The molecule has 0 aliphatic rings. The van der Waals surface area contributed by atoms with Crippen LogP contribution in [0.2, 0.25) is 0 Å². The topological polar surface area (TPSA) is 53.2 Å². The lowest BCUT2D eigenvalue weighted by atomic mass is 10.1. The first kappa shape index (κ1) is 15.0. The summed E-state index contributed by atoms with van der Waals surface area (Å²) < 4.78 is 21.2. The van der Waals surface area contributed by atoms with Crippen LogP contribution < -0.4 is 10.4 Å². The monoisotopic (exact) mass is 292 g/mol. The summed E-state index contributed by atoms with van der Waals surface area (Å²) in [6, 6.07) is 3.74. The molecule has 21 heavy (non-hydrogen) atoms. The van der Waals surface area contributed by atoms with Crippen LogP contribution in [-0.4, -0.2) is 22.0 Å². The summed E-state index contributed by atoms with van der Waals surface area (Å²) in [5.41, 5.74) is -0.117. The van der Waals surface area contributed by atoms with Crippen molar-refractivity contribution in [3.63, 3.8) is 0 Å². The second-order valence-electron chi connectivity index (χ2n) is 4.67. The van der Waals surface area contributed by atoms with E-state index in [4.69, 9.17) is 4.74 Å². The largest absolute Gasteiger partial charge is 0.496 e. The first-order chi connectivity index (χ1) is 10.1. The van der Waals surface area contributed by atoms with Crippen LogP contribution in [0, 0.1) is 5.82 Å². The zero-order valence-corrected chi connectivity index (χ0v) is 12.0. The Balaban J connectivity index is 2.26. The molecule has 0 atom stereocenters. The lowest BCUT2D eigenvalue weighted by Crippen LogP contribution is -2.27. The van der Waals surface area contributed by atoms with Gasteiger partial charge < -0.3 is 4.74 Å². The van der Waals surface area contributed by atoms with Crippen LogP contribution in [0.15, 0.2) is 35.4 Å². The summed E-state index contributed by atoms with van der Waals surface area (Å²) in [6.07, 6.45) is 4.03. The SMILES string of the molecule is CCCn1ccn(CC(=O)c2cc(F)ccc2OC)c1=O. The highest BCUT2D eigenvalue weighted by molar-refractivity contribution is 5.98. The highest BCUT2D eigenvalue weighted by Crippen LogP contribution is 2.20. The molecule has 0 radical (unpaired) electrons. The van der Waals surface area contributed by atoms with Crippen LogP contribution in [0.4, 0.5) is 4.39 Å². The Morgan fingerprint density at radius 2 is 2.00 bits per heavy atom. The molecule has 5 nitrogen and oxygen atoms in total. The molecule has 2 rings (SSSR count). The molecule has 0 bridgehead atoms. The molecule has 0 amide bonds. The van der Waals surface area contributed by atoms with E-state index in [-0.39, 0.29) is 23.6 Å². The highest BCUT2D eigenvalue weighted by atomic mass is 19.1. The Hall–Kier alpha value is -2.37. The van der Waals surface area contributed by atoms with E-state index in [1.165, 1.54) is 28.4 Å². The molecule has 1 aromatic heterocycles. The number of rotatable bonds is 6. The summed E-state index contributed by atoms with van der Waals surface area (Å²) in [6.45, 7) is 2.42. The minimum Gasteiger partial charge on any atom is -0.496 e. The Morgan fingerprint density at radius 1 is 1.29 bits per heavy atom. The molecule has 0 aliphatic carbocycles. The number of ether oxygens (including phenoxy) is 1. The van der Waals surface area contributed by atoms with Gasteiger partial charge in [0.15, 0.2) is 5.78 Å². The second kappa shape index (κ2) is 6.39. The number of Topliss-reactive ketones (excluding diaryl/α,β-unsaturated/α-hetero) is 1. The summed E-state index contributed by atoms with van der Waals surface area (Å²) in [5.74, 6) is -0.597. The molecule has 0 aliphatic heterocycles. The zero-order chi connectivity index (χ0) is 15.4. The van der Waals surface area contributed by atoms with E-state index in [0.29, 0.717) is 12.3 Å². The van der Waals surface area contributed by atoms with Crippen LogP contribution in [0.5, 0.6) is 5.75 Å². The standard InChI is InChI=1S/C15H17FN2O3/c1-3-6-17-7-8-18(15(17)20)10-13(19)12-9-11(16)4-5-14(12)21-2/h4-5,7-9H,3,6,10H2,1-2H3. The number of halogens is 1. The van der Waals surface area contributed by atoms with Gasteiger partial charge in [0.2, 0.25) is 0 Å². The molecule has 0 fully saturated rings. The molecule has 1 heterocycles. The van der Waals surface area contributed by atoms with Crippen LogP contribution >= 0.6 is 0 Å². The van der Waals surface area contributed by atoms with Crippen molar-refractivity contribution in [2.45, 2.75) is 26.4 Å². The van der Waals surface area contributed by atoms with Crippen LogP contribution in [0.3, 0.4) is 0 Å². The maximum absolute atomic E-state index is 13.3. The molecule has 112 valence electrons. The van der Waals surface area contributed by atoms with Gasteiger partial charge in [-0.1, -0.05) is 6.92 Å². The van der Waals surface area contributed by atoms with Crippen molar-refractivity contribution in [1.82, 2.24) is 9.13 Å². The number of ketones is 1. The van der Waals surface area contributed by atoms with Crippen LogP contribution in [-0.2, 0) is 13.1 Å². The van der Waals surface area contributed by atoms with Crippen LogP contribution in [0.25, 0.3) is 0 Å². The summed E-state index contributed by atoms with van der Waals surface area (Å²) in [5, 5.41) is 0. The van der Waals surface area contributed by atoms with Gasteiger partial charge in [-0.2, -0.15) is 0 Å². The minimum atomic E-state index is -0.518. The predicted molar refractivity (Wildman–Crippen MR) is 76.3 cm³/mol. The molecule has 6 heteroatoms. The first-order valence-electron chi connectivity index (χ1n) is 6.69. The smallest absolute Gasteiger partial charge is 0.328 e. The van der Waals surface area contributed by atoms with Crippen molar-refractivity contribution in [3.05, 3.63) is 52.5 Å². The molecular formula is C15H17FN2O3. The number of hydrogen-bond acceptors (Lipinski definition) is 3. The number of methoxy groups -OCH3 is 1. The van der Waals surface area contributed by atoms with Crippen molar-refractivity contribution in [2.24, 2.45) is 0 Å². The summed E-state index contributed by atoms with van der Waals surface area (Å²) in [7, 11) is 1.41. The third-order valence-corrected chi connectivity index (χ3v) is 3.16. The third-order valence-electron chi connectivity index (χ3n) is 3.16. The fourth-order valence-electron chi connectivity index (χ4n) is 2.12. The van der Waals surface area contributed by atoms with E-state index in [0.717, 1.165) is 12.5 Å². The van der Waals surface area contributed by atoms with E-state index in [9.17, 15) is 14.0 Å². The first-order valence-corrected chi connectivity index (χ1v) is 6.69. The van der Waals surface area contributed by atoms with Crippen LogP contribution in [0.1, 0.15) is 23.7 Å². The van der Waals surface area contributed by atoms with E-state index in [2.05, 4.69) is 0 Å². The van der Waals surface area contributed by atoms with Gasteiger partial charge in [-0.3, -0.25) is 13.9 Å². The summed E-state index contributed by atoms with van der Waals surface area (Å²) >= 11 is 0. The van der Waals surface area contributed by atoms with Gasteiger partial charge in [-0.15, -0.1) is 0 Å². The Kier molecular flexibility index (Phi) is 4.57. The van der Waals surface area contributed by atoms with Crippen molar-refractivity contribution < 1.29 is 13.9 Å².